The lowest BCUT2D eigenvalue weighted by molar-refractivity contribution is -0.0530. The lowest BCUT2D eigenvalue weighted by atomic mass is 9.82. The van der Waals surface area contributed by atoms with E-state index in [2.05, 4.69) is 39.5 Å². The SMILES string of the molecule is CC1(C)CN2C[C@H](F)CC2(COC(C)(C)C)C1. The summed E-state index contributed by atoms with van der Waals surface area (Å²) in [4.78, 5) is 2.32. The van der Waals surface area contributed by atoms with E-state index < -0.39 is 6.17 Å². The second-order valence-corrected chi connectivity index (χ2v) is 7.65. The number of ether oxygens (including phenoxy) is 1. The summed E-state index contributed by atoms with van der Waals surface area (Å²) in [6.45, 7) is 13.0. The molecule has 2 rings (SSSR count). The normalized spacial score (nSPS) is 37.4. The largest absolute Gasteiger partial charge is 0.374 e. The van der Waals surface area contributed by atoms with Gasteiger partial charge < -0.3 is 4.74 Å². The molecule has 2 fully saturated rings. The van der Waals surface area contributed by atoms with Crippen LogP contribution in [0.25, 0.3) is 0 Å². The molecule has 0 N–H and O–H groups in total. The van der Waals surface area contributed by atoms with Gasteiger partial charge in [0.1, 0.15) is 6.17 Å². The molecule has 0 spiro atoms. The van der Waals surface area contributed by atoms with Crippen molar-refractivity contribution in [2.24, 2.45) is 5.41 Å². The number of halogens is 1. The summed E-state index contributed by atoms with van der Waals surface area (Å²) in [5.74, 6) is 0. The van der Waals surface area contributed by atoms with E-state index in [1.54, 1.807) is 0 Å². The van der Waals surface area contributed by atoms with Gasteiger partial charge in [-0.25, -0.2) is 4.39 Å². The van der Waals surface area contributed by atoms with Crippen LogP contribution in [0.4, 0.5) is 4.39 Å². The second-order valence-electron chi connectivity index (χ2n) is 7.65. The van der Waals surface area contributed by atoms with Crippen LogP contribution >= 0.6 is 0 Å². The fourth-order valence-electron chi connectivity index (χ4n) is 3.47. The van der Waals surface area contributed by atoms with Crippen LogP contribution in [0.5, 0.6) is 0 Å². The molecule has 2 heterocycles. The lowest BCUT2D eigenvalue weighted by Gasteiger charge is -2.34. The van der Waals surface area contributed by atoms with Gasteiger partial charge in [0.2, 0.25) is 0 Å². The van der Waals surface area contributed by atoms with Crippen molar-refractivity contribution in [3.05, 3.63) is 0 Å². The van der Waals surface area contributed by atoms with Gasteiger partial charge in [0.25, 0.3) is 0 Å². The highest BCUT2D eigenvalue weighted by Crippen LogP contribution is 2.48. The predicted octanol–water partition coefficient (Wildman–Crippen LogP) is 3.01. The van der Waals surface area contributed by atoms with Crippen molar-refractivity contribution >= 4 is 0 Å². The number of hydrogen-bond acceptors (Lipinski definition) is 2. The summed E-state index contributed by atoms with van der Waals surface area (Å²) < 4.78 is 19.6. The maximum Gasteiger partial charge on any atom is 0.115 e. The van der Waals surface area contributed by atoms with Gasteiger partial charge >= 0.3 is 0 Å². The van der Waals surface area contributed by atoms with Crippen LogP contribution < -0.4 is 0 Å². The molecule has 0 bridgehead atoms. The van der Waals surface area contributed by atoms with Crippen LogP contribution in [0.1, 0.15) is 47.5 Å². The Bertz CT molecular complexity index is 297. The van der Waals surface area contributed by atoms with Crippen molar-refractivity contribution < 1.29 is 9.13 Å². The van der Waals surface area contributed by atoms with E-state index in [1.165, 1.54) is 0 Å². The maximum atomic E-state index is 13.7. The topological polar surface area (TPSA) is 12.5 Å². The van der Waals surface area contributed by atoms with Crippen LogP contribution in [0.3, 0.4) is 0 Å². The van der Waals surface area contributed by atoms with Crippen LogP contribution in [-0.2, 0) is 4.74 Å². The molecule has 3 heteroatoms. The average Bonchev–Trinajstić information content (AvgIpc) is 2.48. The number of rotatable bonds is 2. The number of nitrogens with zero attached hydrogens (tertiary/aromatic N) is 1. The standard InChI is InChI=1S/C14H26FNO/c1-12(2,3)17-10-14-6-11(15)7-16(14)9-13(4,5)8-14/h11H,6-10H2,1-5H3/t11-,14?/m1/s1. The minimum Gasteiger partial charge on any atom is -0.374 e. The van der Waals surface area contributed by atoms with Gasteiger partial charge in [-0.3, -0.25) is 4.90 Å². The molecule has 1 unspecified atom stereocenters. The van der Waals surface area contributed by atoms with Crippen molar-refractivity contribution in [3.63, 3.8) is 0 Å². The Balaban J connectivity index is 2.09. The van der Waals surface area contributed by atoms with Gasteiger partial charge in [-0.15, -0.1) is 0 Å². The van der Waals surface area contributed by atoms with E-state index in [0.717, 1.165) is 13.0 Å². The predicted molar refractivity (Wildman–Crippen MR) is 67.9 cm³/mol. The van der Waals surface area contributed by atoms with E-state index in [1.807, 2.05) is 0 Å². The highest BCUT2D eigenvalue weighted by atomic mass is 19.1. The van der Waals surface area contributed by atoms with E-state index in [4.69, 9.17) is 4.74 Å². The van der Waals surface area contributed by atoms with Gasteiger partial charge in [0.05, 0.1) is 12.2 Å². The average molecular weight is 243 g/mol. The fourth-order valence-corrected chi connectivity index (χ4v) is 3.47. The molecule has 0 amide bonds. The number of alkyl halides is 1. The van der Waals surface area contributed by atoms with Gasteiger partial charge in [0.15, 0.2) is 0 Å². The Kier molecular flexibility index (Phi) is 3.07. The first-order chi connectivity index (χ1) is 7.62. The Hall–Kier alpha value is -0.150. The number of hydrogen-bond donors (Lipinski definition) is 0. The molecule has 2 nitrogen and oxygen atoms in total. The van der Waals surface area contributed by atoms with Gasteiger partial charge in [-0.1, -0.05) is 13.8 Å². The molecule has 0 aromatic carbocycles. The summed E-state index contributed by atoms with van der Waals surface area (Å²) in [5.41, 5.74) is 0.110. The summed E-state index contributed by atoms with van der Waals surface area (Å²) in [7, 11) is 0. The first-order valence-electron chi connectivity index (χ1n) is 6.65. The van der Waals surface area contributed by atoms with Gasteiger partial charge in [0, 0.05) is 25.0 Å². The van der Waals surface area contributed by atoms with Crippen molar-refractivity contribution in [1.82, 2.24) is 4.90 Å². The second kappa shape index (κ2) is 3.92. The molecule has 0 radical (unpaired) electrons. The summed E-state index contributed by atoms with van der Waals surface area (Å²) in [6, 6.07) is 0. The third kappa shape index (κ3) is 2.82. The van der Waals surface area contributed by atoms with Gasteiger partial charge in [-0.05, 0) is 32.6 Å². The molecule has 0 aliphatic carbocycles. The minimum atomic E-state index is -0.672. The lowest BCUT2D eigenvalue weighted by Crippen LogP contribution is -2.44. The molecule has 2 aliphatic heterocycles. The quantitative estimate of drug-likeness (QED) is 0.739. The Morgan fingerprint density at radius 2 is 2.00 bits per heavy atom. The minimum absolute atomic E-state index is 0.0454. The van der Waals surface area contributed by atoms with Crippen molar-refractivity contribution in [2.75, 3.05) is 19.7 Å². The third-order valence-corrected chi connectivity index (χ3v) is 3.89. The Labute approximate surface area is 105 Å². The molecular weight excluding hydrogens is 217 g/mol. The van der Waals surface area contributed by atoms with Crippen LogP contribution in [0.2, 0.25) is 0 Å². The van der Waals surface area contributed by atoms with Crippen molar-refractivity contribution in [1.29, 1.82) is 0 Å². The highest BCUT2D eigenvalue weighted by Gasteiger charge is 2.55. The van der Waals surface area contributed by atoms with E-state index in [9.17, 15) is 4.39 Å². The summed E-state index contributed by atoms with van der Waals surface area (Å²) in [5, 5.41) is 0. The van der Waals surface area contributed by atoms with E-state index in [-0.39, 0.29) is 11.1 Å². The zero-order chi connectivity index (χ0) is 12.9. The Morgan fingerprint density at radius 3 is 2.59 bits per heavy atom. The molecule has 2 saturated heterocycles. The van der Waals surface area contributed by atoms with Crippen molar-refractivity contribution in [3.8, 4) is 0 Å². The summed E-state index contributed by atoms with van der Waals surface area (Å²) >= 11 is 0. The fraction of sp³-hybridized carbons (Fsp3) is 1.00. The molecule has 100 valence electrons. The molecule has 0 saturated carbocycles. The van der Waals surface area contributed by atoms with E-state index >= 15 is 0 Å². The van der Waals surface area contributed by atoms with Crippen LogP contribution in [0.15, 0.2) is 0 Å². The monoisotopic (exact) mass is 243 g/mol. The number of fused-ring (bicyclic) bond motifs is 1. The maximum absolute atomic E-state index is 13.7. The zero-order valence-electron chi connectivity index (χ0n) is 11.8. The first-order valence-corrected chi connectivity index (χ1v) is 6.65. The smallest absolute Gasteiger partial charge is 0.115 e. The molecule has 2 atom stereocenters. The van der Waals surface area contributed by atoms with E-state index in [0.29, 0.717) is 25.0 Å². The molecular formula is C14H26FNO. The summed E-state index contributed by atoms with van der Waals surface area (Å²) in [6.07, 6.45) is 1.03. The highest BCUT2D eigenvalue weighted by molar-refractivity contribution is 5.09. The first kappa shape index (κ1) is 13.3. The Morgan fingerprint density at radius 1 is 1.35 bits per heavy atom. The van der Waals surface area contributed by atoms with Crippen LogP contribution in [0, 0.1) is 5.41 Å². The van der Waals surface area contributed by atoms with Crippen molar-refractivity contribution in [2.45, 2.75) is 64.8 Å². The third-order valence-electron chi connectivity index (χ3n) is 3.89. The molecule has 0 aromatic rings. The molecule has 17 heavy (non-hydrogen) atoms. The molecule has 2 aliphatic rings. The molecule has 0 aromatic heterocycles. The van der Waals surface area contributed by atoms with Crippen LogP contribution in [-0.4, -0.2) is 41.9 Å². The van der Waals surface area contributed by atoms with Gasteiger partial charge in [-0.2, -0.15) is 0 Å². The zero-order valence-corrected chi connectivity index (χ0v) is 11.8.